The highest BCUT2D eigenvalue weighted by molar-refractivity contribution is 7.38. The van der Waals surface area contributed by atoms with Crippen LogP contribution in [0.25, 0.3) is 0 Å². The molecule has 6 heteroatoms. The quantitative estimate of drug-likeness (QED) is 0.523. The number of halogens is 1. The minimum atomic E-state index is -2.62. The van der Waals surface area contributed by atoms with Crippen LogP contribution in [0.4, 0.5) is 0 Å². The number of rotatable bonds is 2. The SMILES string of the molecule is CC(C)NC(C)C.Cl.OP(O)O. The van der Waals surface area contributed by atoms with Gasteiger partial charge in [0, 0.05) is 12.1 Å². The van der Waals surface area contributed by atoms with E-state index in [2.05, 4.69) is 33.0 Å². The number of hydrogen-bond acceptors (Lipinski definition) is 4. The Hall–Kier alpha value is 0.560. The van der Waals surface area contributed by atoms with Crippen molar-refractivity contribution in [3.8, 4) is 0 Å². The van der Waals surface area contributed by atoms with E-state index >= 15 is 0 Å². The van der Waals surface area contributed by atoms with Crippen LogP contribution < -0.4 is 5.32 Å². The van der Waals surface area contributed by atoms with Crippen LogP contribution >= 0.6 is 21.0 Å². The standard InChI is InChI=1S/C6H15N.ClH.H3O3P/c1-5(2)7-6(3)4;;1-4(2)3/h5-7H,1-4H3;1H;1-3H. The Morgan fingerprint density at radius 2 is 1.08 bits per heavy atom. The molecule has 0 bridgehead atoms. The Morgan fingerprint density at radius 3 is 1.08 bits per heavy atom. The van der Waals surface area contributed by atoms with Gasteiger partial charge in [0.25, 0.3) is 0 Å². The van der Waals surface area contributed by atoms with Gasteiger partial charge in [-0.2, -0.15) is 0 Å². The van der Waals surface area contributed by atoms with Gasteiger partial charge in [0.2, 0.25) is 0 Å². The molecule has 0 aromatic rings. The summed E-state index contributed by atoms with van der Waals surface area (Å²) in [5, 5.41) is 3.31. The van der Waals surface area contributed by atoms with Crippen molar-refractivity contribution in [3.05, 3.63) is 0 Å². The summed E-state index contributed by atoms with van der Waals surface area (Å²) >= 11 is 0. The normalized spacial score (nSPS) is 9.50. The number of nitrogens with one attached hydrogen (secondary N) is 1. The molecule has 0 unspecified atom stereocenters. The monoisotopic (exact) mass is 219 g/mol. The predicted molar refractivity (Wildman–Crippen MR) is 54.2 cm³/mol. The van der Waals surface area contributed by atoms with Crippen molar-refractivity contribution in [1.82, 2.24) is 5.32 Å². The van der Waals surface area contributed by atoms with Crippen molar-refractivity contribution in [2.45, 2.75) is 39.8 Å². The van der Waals surface area contributed by atoms with Gasteiger partial charge in [-0.1, -0.05) is 27.7 Å². The van der Waals surface area contributed by atoms with Gasteiger partial charge in [-0.25, -0.2) is 0 Å². The smallest absolute Gasteiger partial charge is 0.324 e. The molecule has 0 radical (unpaired) electrons. The zero-order valence-electron chi connectivity index (χ0n) is 7.85. The molecule has 0 aromatic heterocycles. The lowest BCUT2D eigenvalue weighted by Crippen LogP contribution is -2.29. The van der Waals surface area contributed by atoms with Gasteiger partial charge in [0.15, 0.2) is 0 Å². The fraction of sp³-hybridized carbons (Fsp3) is 1.00. The van der Waals surface area contributed by atoms with E-state index in [-0.39, 0.29) is 12.4 Å². The van der Waals surface area contributed by atoms with E-state index in [1.165, 1.54) is 0 Å². The summed E-state index contributed by atoms with van der Waals surface area (Å²) in [6.45, 7) is 8.61. The molecule has 0 aliphatic heterocycles. The minimum absolute atomic E-state index is 0. The summed E-state index contributed by atoms with van der Waals surface area (Å²) in [5.74, 6) is 0. The second-order valence-electron chi connectivity index (χ2n) is 2.74. The van der Waals surface area contributed by atoms with Crippen molar-refractivity contribution in [1.29, 1.82) is 0 Å². The maximum atomic E-state index is 7.23. The molecule has 78 valence electrons. The summed E-state index contributed by atoms with van der Waals surface area (Å²) in [5.41, 5.74) is 0. The van der Waals surface area contributed by atoms with Gasteiger partial charge in [0.05, 0.1) is 0 Å². The molecule has 12 heavy (non-hydrogen) atoms. The third-order valence-corrected chi connectivity index (χ3v) is 0.667. The van der Waals surface area contributed by atoms with Gasteiger partial charge in [-0.05, 0) is 0 Å². The topological polar surface area (TPSA) is 72.7 Å². The maximum absolute atomic E-state index is 7.23. The molecule has 0 saturated heterocycles. The molecule has 0 fully saturated rings. The van der Waals surface area contributed by atoms with E-state index in [9.17, 15) is 0 Å². The molecule has 0 amide bonds. The molecular formula is C6H19ClNO3P. The Balaban J connectivity index is -0.000000142. The highest BCUT2D eigenvalue weighted by Gasteiger charge is 1.92. The fourth-order valence-corrected chi connectivity index (χ4v) is 0.667. The fourth-order valence-electron chi connectivity index (χ4n) is 0.667. The lowest BCUT2D eigenvalue weighted by Gasteiger charge is -2.10. The summed E-state index contributed by atoms with van der Waals surface area (Å²) in [6.07, 6.45) is 0. The van der Waals surface area contributed by atoms with Gasteiger partial charge in [-0.3, -0.25) is 0 Å². The Morgan fingerprint density at radius 1 is 0.917 bits per heavy atom. The summed E-state index contributed by atoms with van der Waals surface area (Å²) < 4.78 is 0. The van der Waals surface area contributed by atoms with Crippen LogP contribution in [0.3, 0.4) is 0 Å². The van der Waals surface area contributed by atoms with Gasteiger partial charge >= 0.3 is 8.60 Å². The Labute approximate surface area is 81.4 Å². The van der Waals surface area contributed by atoms with Crippen LogP contribution in [0.1, 0.15) is 27.7 Å². The van der Waals surface area contributed by atoms with Crippen molar-refractivity contribution in [2.24, 2.45) is 0 Å². The lowest BCUT2D eigenvalue weighted by atomic mass is 10.3. The molecule has 0 aliphatic carbocycles. The third kappa shape index (κ3) is 46.4. The number of hydrogen-bond donors (Lipinski definition) is 4. The van der Waals surface area contributed by atoms with Crippen LogP contribution in [0, 0.1) is 0 Å². The van der Waals surface area contributed by atoms with Crippen LogP contribution in [-0.4, -0.2) is 26.8 Å². The molecular weight excluding hydrogens is 200 g/mol. The summed E-state index contributed by atoms with van der Waals surface area (Å²) in [4.78, 5) is 21.7. The van der Waals surface area contributed by atoms with Gasteiger partial charge < -0.3 is 20.0 Å². The second-order valence-corrected chi connectivity index (χ2v) is 3.28. The van der Waals surface area contributed by atoms with Crippen molar-refractivity contribution >= 4 is 21.0 Å². The zero-order chi connectivity index (χ0) is 9.44. The van der Waals surface area contributed by atoms with Gasteiger partial charge in [-0.15, -0.1) is 12.4 Å². The van der Waals surface area contributed by atoms with Crippen molar-refractivity contribution < 1.29 is 14.7 Å². The summed E-state index contributed by atoms with van der Waals surface area (Å²) in [7, 11) is -2.62. The van der Waals surface area contributed by atoms with Crippen LogP contribution in [0.5, 0.6) is 0 Å². The minimum Gasteiger partial charge on any atom is -0.328 e. The van der Waals surface area contributed by atoms with Crippen molar-refractivity contribution in [2.75, 3.05) is 0 Å². The van der Waals surface area contributed by atoms with Crippen LogP contribution in [0.2, 0.25) is 0 Å². The molecule has 0 atom stereocenters. The zero-order valence-corrected chi connectivity index (χ0v) is 9.56. The van der Waals surface area contributed by atoms with E-state index in [1.54, 1.807) is 0 Å². The van der Waals surface area contributed by atoms with Crippen molar-refractivity contribution in [3.63, 3.8) is 0 Å². The van der Waals surface area contributed by atoms with E-state index in [0.717, 1.165) is 0 Å². The van der Waals surface area contributed by atoms with Crippen LogP contribution in [0.15, 0.2) is 0 Å². The Bertz CT molecular complexity index is 74.4. The largest absolute Gasteiger partial charge is 0.328 e. The average molecular weight is 220 g/mol. The van der Waals surface area contributed by atoms with Gasteiger partial charge in [0.1, 0.15) is 0 Å². The van der Waals surface area contributed by atoms with E-state index in [4.69, 9.17) is 14.7 Å². The third-order valence-electron chi connectivity index (χ3n) is 0.667. The molecule has 4 N–H and O–H groups in total. The lowest BCUT2D eigenvalue weighted by molar-refractivity contribution is 0.368. The predicted octanol–water partition coefficient (Wildman–Crippen LogP) is 1.00. The first-order chi connectivity index (χ1) is 4.86. The molecule has 0 rings (SSSR count). The first-order valence-electron chi connectivity index (χ1n) is 3.49. The average Bonchev–Trinajstić information content (AvgIpc) is 1.56. The van der Waals surface area contributed by atoms with E-state index in [0.29, 0.717) is 12.1 Å². The van der Waals surface area contributed by atoms with Crippen LogP contribution in [-0.2, 0) is 0 Å². The molecule has 0 saturated carbocycles. The first-order valence-corrected chi connectivity index (χ1v) is 4.69. The summed E-state index contributed by atoms with van der Waals surface area (Å²) in [6, 6.07) is 1.25. The maximum Gasteiger partial charge on any atom is 0.324 e. The molecule has 0 aliphatic rings. The highest BCUT2D eigenvalue weighted by atomic mass is 35.5. The molecule has 0 heterocycles. The molecule has 0 aromatic carbocycles. The first kappa shape index (κ1) is 18.4. The van der Waals surface area contributed by atoms with E-state index in [1.807, 2.05) is 0 Å². The Kier molecular flexibility index (Phi) is 17.7. The molecule has 4 nitrogen and oxygen atoms in total. The highest BCUT2D eigenvalue weighted by Crippen LogP contribution is 2.11. The molecule has 0 spiro atoms. The van der Waals surface area contributed by atoms with E-state index < -0.39 is 8.60 Å². The second kappa shape index (κ2) is 11.6.